The maximum absolute atomic E-state index is 2.21. The highest BCUT2D eigenvalue weighted by Gasteiger charge is 2.12. The Morgan fingerprint density at radius 3 is 1.29 bits per heavy atom. The zero-order chi connectivity index (χ0) is 8.93. The normalized spacial score (nSPS) is 9.14. The number of hydrogen-bond acceptors (Lipinski definition) is 0. The quantitative estimate of drug-likeness (QED) is 0.448. The molecule has 0 nitrogen and oxygen atoms in total. The van der Waals surface area contributed by atoms with Crippen molar-refractivity contribution >= 4 is 0 Å². The molecule has 0 bridgehead atoms. The van der Waals surface area contributed by atoms with E-state index in [-0.39, 0.29) is 45.2 Å². The predicted molar refractivity (Wildman–Crippen MR) is 53.1 cm³/mol. The summed E-state index contributed by atoms with van der Waals surface area (Å²) >= 11 is 0.0287. The van der Waals surface area contributed by atoms with E-state index in [4.69, 9.17) is 0 Å². The molecule has 2 rings (SSSR count). The third-order valence-corrected chi connectivity index (χ3v) is 4.37. The summed E-state index contributed by atoms with van der Waals surface area (Å²) in [7, 11) is 0. The Morgan fingerprint density at radius 1 is 0.571 bits per heavy atom. The molecule has 0 N–H and O–H groups in total. The van der Waals surface area contributed by atoms with Crippen LogP contribution in [0, 0.1) is 7.14 Å². The van der Waals surface area contributed by atoms with Gasteiger partial charge >= 0.3 is 21.2 Å². The molecule has 14 heavy (non-hydrogen) atoms. The van der Waals surface area contributed by atoms with Crippen LogP contribution in [0.4, 0.5) is 0 Å². The Balaban J connectivity index is 0.000000980. The van der Waals surface area contributed by atoms with Crippen LogP contribution in [-0.4, -0.2) is 0 Å². The molecule has 0 saturated carbocycles. The second kappa shape index (κ2) is 6.40. The van der Waals surface area contributed by atoms with Crippen molar-refractivity contribution in [1.82, 2.24) is 0 Å². The molecule has 0 heterocycles. The summed E-state index contributed by atoms with van der Waals surface area (Å²) in [6.45, 7) is 0. The fraction of sp³-hybridized carbons (Fsp3) is 0. The molecule has 0 aliphatic carbocycles. The van der Waals surface area contributed by atoms with Crippen molar-refractivity contribution in [3.63, 3.8) is 0 Å². The largest absolute Gasteiger partial charge is 0.357 e. The minimum atomic E-state index is 0. The highest BCUT2D eigenvalue weighted by Crippen LogP contribution is 1.85. The number of hydrogen-bond donors (Lipinski definition) is 0. The summed E-state index contributed by atoms with van der Waals surface area (Å²) < 4.78 is 2.96. The first-order valence-electron chi connectivity index (χ1n) is 4.20. The van der Waals surface area contributed by atoms with Gasteiger partial charge in [-0.15, -0.1) is 0 Å². The number of rotatable bonds is 2. The Kier molecular flexibility index (Phi) is 5.47. The molecule has 2 heteroatoms. The number of halogens is 2. The van der Waals surface area contributed by atoms with Gasteiger partial charge in [0.25, 0.3) is 0 Å². The Hall–Kier alpha value is -0.100. The molecule has 0 aliphatic heterocycles. The van der Waals surface area contributed by atoms with E-state index in [1.807, 2.05) is 0 Å². The van der Waals surface area contributed by atoms with E-state index >= 15 is 0 Å². The fourth-order valence-electron chi connectivity index (χ4n) is 1.08. The lowest BCUT2D eigenvalue weighted by molar-refractivity contribution is -0.597. The van der Waals surface area contributed by atoms with Crippen molar-refractivity contribution in [1.29, 1.82) is 0 Å². The van der Waals surface area contributed by atoms with Crippen molar-refractivity contribution in [3.8, 4) is 0 Å². The van der Waals surface area contributed by atoms with Gasteiger partial charge in [0.15, 0.2) is 7.14 Å². The topological polar surface area (TPSA) is 0 Å². The summed E-state index contributed by atoms with van der Waals surface area (Å²) in [4.78, 5) is 0. The third-order valence-electron chi connectivity index (χ3n) is 1.68. The van der Waals surface area contributed by atoms with E-state index in [0.717, 1.165) is 0 Å². The van der Waals surface area contributed by atoms with Crippen molar-refractivity contribution in [2.75, 3.05) is 0 Å². The van der Waals surface area contributed by atoms with E-state index in [2.05, 4.69) is 60.7 Å². The molecule has 0 amide bonds. The molecule has 0 spiro atoms. The zero-order valence-electron chi connectivity index (χ0n) is 7.60. The SMILES string of the molecule is [IH2+].c1ccc([I+]c2ccccc2)cc1. The highest BCUT2D eigenvalue weighted by molar-refractivity contribution is 5.02. The molecule has 0 atom stereocenters. The Morgan fingerprint density at radius 2 is 0.929 bits per heavy atom. The lowest BCUT2D eigenvalue weighted by atomic mass is 10.4. The smallest absolute Gasteiger partial charge is 0.0619 e. The van der Waals surface area contributed by atoms with Gasteiger partial charge in [0, 0.05) is 0 Å². The van der Waals surface area contributed by atoms with E-state index in [9.17, 15) is 0 Å². The minimum Gasteiger partial charge on any atom is -0.0619 e. The van der Waals surface area contributed by atoms with Gasteiger partial charge in [0.05, 0.1) is 0 Å². The van der Waals surface area contributed by atoms with Gasteiger partial charge < -0.3 is 0 Å². The van der Waals surface area contributed by atoms with Crippen LogP contribution in [0.2, 0.25) is 0 Å². The van der Waals surface area contributed by atoms with Crippen LogP contribution >= 0.6 is 0 Å². The van der Waals surface area contributed by atoms with Gasteiger partial charge in [-0.2, -0.15) is 0 Å². The first kappa shape index (κ1) is 12.0. The van der Waals surface area contributed by atoms with Crippen LogP contribution in [0.1, 0.15) is 0 Å². The van der Waals surface area contributed by atoms with Crippen molar-refractivity contribution in [2.45, 2.75) is 0 Å². The van der Waals surface area contributed by atoms with Gasteiger partial charge in [0.2, 0.25) is 24.0 Å². The molecule has 0 aromatic heterocycles. The predicted octanol–water partition coefficient (Wildman–Crippen LogP) is -3.72. The molecule has 0 radical (unpaired) electrons. The van der Waals surface area contributed by atoms with Crippen LogP contribution in [0.5, 0.6) is 0 Å². The second-order valence-corrected chi connectivity index (χ2v) is 5.72. The zero-order valence-corrected chi connectivity index (χ0v) is 12.3. The molecule has 72 valence electrons. The van der Waals surface area contributed by atoms with E-state index in [1.54, 1.807) is 0 Å². The summed E-state index contributed by atoms with van der Waals surface area (Å²) in [5.41, 5.74) is 0. The monoisotopic (exact) mass is 410 g/mol. The minimum absolute atomic E-state index is 0. The fourth-order valence-corrected chi connectivity index (χ4v) is 3.35. The lowest BCUT2D eigenvalue weighted by Crippen LogP contribution is -3.61. The van der Waals surface area contributed by atoms with Gasteiger partial charge in [-0.1, -0.05) is 36.4 Å². The first-order valence-corrected chi connectivity index (χ1v) is 6.36. The average Bonchev–Trinajstić information content (AvgIpc) is 2.21. The summed E-state index contributed by atoms with van der Waals surface area (Å²) in [5.74, 6) is 0. The van der Waals surface area contributed by atoms with Gasteiger partial charge in [0.1, 0.15) is 0 Å². The summed E-state index contributed by atoms with van der Waals surface area (Å²) in [5, 5.41) is 0. The molecule has 2 aromatic rings. The molecule has 0 saturated heterocycles. The average molecular weight is 410 g/mol. The van der Waals surface area contributed by atoms with Gasteiger partial charge in [-0.3, -0.25) is 0 Å². The van der Waals surface area contributed by atoms with Crippen LogP contribution in [0.3, 0.4) is 0 Å². The summed E-state index contributed by atoms with van der Waals surface area (Å²) in [6, 6.07) is 21.4. The van der Waals surface area contributed by atoms with E-state index in [1.165, 1.54) is 7.14 Å². The molecular weight excluding hydrogens is 398 g/mol. The lowest BCUT2D eigenvalue weighted by Gasteiger charge is -1.84. The van der Waals surface area contributed by atoms with Crippen molar-refractivity contribution in [3.05, 3.63) is 67.8 Å². The van der Waals surface area contributed by atoms with Crippen LogP contribution in [0.15, 0.2) is 60.7 Å². The molecule has 0 unspecified atom stereocenters. The van der Waals surface area contributed by atoms with E-state index in [0.29, 0.717) is 0 Å². The summed E-state index contributed by atoms with van der Waals surface area (Å²) in [6.07, 6.45) is 0. The standard InChI is InChI=1S/C12H10I.H2I/c1-3-7-11(8-4-1)13-12-9-5-2-6-10-12;/h1-10H;1H2/q2*+1. The van der Waals surface area contributed by atoms with Crippen LogP contribution < -0.4 is 45.2 Å². The van der Waals surface area contributed by atoms with Crippen molar-refractivity contribution < 1.29 is 45.2 Å². The third kappa shape index (κ3) is 3.57. The molecule has 0 fully saturated rings. The van der Waals surface area contributed by atoms with E-state index < -0.39 is 0 Å². The highest BCUT2D eigenvalue weighted by atomic mass is 127. The molecule has 2 aromatic carbocycles. The number of benzene rings is 2. The maximum atomic E-state index is 2.21. The van der Waals surface area contributed by atoms with Gasteiger partial charge in [-0.25, -0.2) is 0 Å². The Labute approximate surface area is 112 Å². The Bertz CT molecular complexity index is 319. The van der Waals surface area contributed by atoms with Crippen LogP contribution in [-0.2, 0) is 0 Å². The molecular formula is C12H12I2+2. The van der Waals surface area contributed by atoms with Crippen LogP contribution in [0.25, 0.3) is 0 Å². The first-order chi connectivity index (χ1) is 6.45. The second-order valence-electron chi connectivity index (χ2n) is 2.69. The van der Waals surface area contributed by atoms with Gasteiger partial charge in [-0.05, 0) is 24.3 Å². The maximum Gasteiger partial charge on any atom is 0.357 e. The molecule has 0 aliphatic rings. The van der Waals surface area contributed by atoms with Crippen molar-refractivity contribution in [2.24, 2.45) is 0 Å².